The Kier molecular flexibility index (Phi) is 28.9. The van der Waals surface area contributed by atoms with E-state index in [4.69, 9.17) is 18.5 Å². The predicted octanol–water partition coefficient (Wildman–Crippen LogP) is 6.66. The number of carbonyl (C=O) groups is 2. The van der Waals surface area contributed by atoms with Crippen molar-refractivity contribution in [2.75, 3.05) is 13.2 Å². The lowest BCUT2D eigenvalue weighted by molar-refractivity contribution is -0.220. The highest BCUT2D eigenvalue weighted by Crippen LogP contribution is 2.47. The average Bonchev–Trinajstić information content (AvgIpc) is 3.15. The van der Waals surface area contributed by atoms with Crippen molar-refractivity contribution < 1.29 is 63.1 Å². The lowest BCUT2D eigenvalue weighted by Crippen LogP contribution is -2.64. The molecule has 0 heterocycles. The molecule has 0 amide bonds. The van der Waals surface area contributed by atoms with E-state index in [2.05, 4.69) is 19.6 Å². The lowest BCUT2D eigenvalue weighted by atomic mass is 9.85. The van der Waals surface area contributed by atoms with Crippen molar-refractivity contribution in [2.45, 2.75) is 191 Å². The van der Waals surface area contributed by atoms with Crippen LogP contribution in [0.2, 0.25) is 0 Å². The summed E-state index contributed by atoms with van der Waals surface area (Å²) in [6.07, 6.45) is 18.5. The minimum Gasteiger partial charge on any atom is -0.462 e. The Morgan fingerprint density at radius 2 is 1.11 bits per heavy atom. The van der Waals surface area contributed by atoms with Crippen LogP contribution in [0.5, 0.6) is 0 Å². The number of hydrogen-bond donors (Lipinski definition) is 6. The third kappa shape index (κ3) is 23.9. The van der Waals surface area contributed by atoms with E-state index in [1.54, 1.807) is 0 Å². The first-order valence-electron chi connectivity index (χ1n) is 20.3. The van der Waals surface area contributed by atoms with Crippen molar-refractivity contribution >= 4 is 19.8 Å². The Balaban J connectivity index is 2.51. The fraction of sp³-hybridized carbons (Fsp3) is 0.800. The molecule has 8 atom stereocenters. The highest BCUT2D eigenvalue weighted by molar-refractivity contribution is 7.47. The van der Waals surface area contributed by atoms with Gasteiger partial charge >= 0.3 is 19.8 Å². The molecule has 0 aromatic carbocycles. The van der Waals surface area contributed by atoms with Crippen molar-refractivity contribution in [1.82, 2.24) is 0 Å². The SMILES string of the molecule is C=CCC/C=C/C/C=C/CCCC(=O)O[C@H](COC(=O)CCCCCCCCCCCCCCCCC)COP(=O)(O)OC1[C@H](O)[C@H](O)C(O)[C@H](O)[C@H]1O. The standard InChI is InChI=1S/C40H71O13P/c1-3-5-7-9-11-13-15-16-17-18-19-21-22-24-26-28-33(41)50-30-32(52-34(42)29-27-25-23-20-14-12-10-8-6-4-2)31-51-54(48,49)53-40-38(46)36(44)35(43)37(45)39(40)47/h4,10,12,20,23,32,35-40,43-47H,2-3,5-9,11,13-19,21-22,24-31H2,1H3,(H,48,49)/b12-10+,23-20+/t32-,35?,36-,37+,38-,39-,40?/m1/s1. The van der Waals surface area contributed by atoms with Crippen LogP contribution in [-0.4, -0.2) is 98.3 Å². The van der Waals surface area contributed by atoms with E-state index in [9.17, 15) is 44.6 Å². The predicted molar refractivity (Wildman–Crippen MR) is 207 cm³/mol. The number of aliphatic hydroxyl groups excluding tert-OH is 5. The molecule has 0 saturated heterocycles. The maximum atomic E-state index is 12.7. The zero-order chi connectivity index (χ0) is 40.0. The summed E-state index contributed by atoms with van der Waals surface area (Å²) in [6, 6.07) is 0. The first kappa shape index (κ1) is 50.1. The molecular formula is C40H71O13P. The van der Waals surface area contributed by atoms with E-state index < -0.39 is 75.7 Å². The summed E-state index contributed by atoms with van der Waals surface area (Å²) in [6.45, 7) is 4.71. The number of unbranched alkanes of at least 4 members (excludes halogenated alkanes) is 16. The third-order valence-electron chi connectivity index (χ3n) is 9.36. The maximum absolute atomic E-state index is 12.7. The first-order valence-corrected chi connectivity index (χ1v) is 21.7. The number of hydrogen-bond acceptors (Lipinski definition) is 12. The van der Waals surface area contributed by atoms with Gasteiger partial charge in [-0.05, 0) is 38.5 Å². The fourth-order valence-electron chi connectivity index (χ4n) is 6.03. The van der Waals surface area contributed by atoms with E-state index in [-0.39, 0.29) is 12.8 Å². The highest BCUT2D eigenvalue weighted by Gasteiger charge is 2.51. The summed E-state index contributed by atoms with van der Waals surface area (Å²) >= 11 is 0. The number of phosphoric acid groups is 1. The van der Waals surface area contributed by atoms with Crippen LogP contribution < -0.4 is 0 Å². The molecule has 1 fully saturated rings. The van der Waals surface area contributed by atoms with Crippen LogP contribution in [0.15, 0.2) is 37.0 Å². The minimum atomic E-state index is -5.12. The van der Waals surface area contributed by atoms with Crippen molar-refractivity contribution in [3.8, 4) is 0 Å². The van der Waals surface area contributed by atoms with Crippen molar-refractivity contribution in [3.63, 3.8) is 0 Å². The van der Waals surface area contributed by atoms with Gasteiger partial charge in [-0.25, -0.2) is 4.57 Å². The second kappa shape index (κ2) is 31.2. The number of esters is 2. The molecule has 14 heteroatoms. The van der Waals surface area contributed by atoms with Gasteiger partial charge in [0.05, 0.1) is 6.61 Å². The lowest BCUT2D eigenvalue weighted by Gasteiger charge is -2.41. The molecule has 1 aliphatic rings. The summed E-state index contributed by atoms with van der Waals surface area (Å²) in [5.41, 5.74) is 0. The number of rotatable bonds is 33. The Bertz CT molecular complexity index is 1080. The smallest absolute Gasteiger partial charge is 0.462 e. The third-order valence-corrected chi connectivity index (χ3v) is 10.3. The van der Waals surface area contributed by atoms with E-state index in [1.165, 1.54) is 70.6 Å². The topological polar surface area (TPSA) is 210 Å². The van der Waals surface area contributed by atoms with Crippen molar-refractivity contribution in [2.24, 2.45) is 0 Å². The molecule has 1 rings (SSSR count). The molecule has 6 N–H and O–H groups in total. The molecule has 1 saturated carbocycles. The van der Waals surface area contributed by atoms with Gasteiger partial charge in [0.15, 0.2) is 6.10 Å². The summed E-state index contributed by atoms with van der Waals surface area (Å²) in [7, 11) is -5.12. The molecule has 3 unspecified atom stereocenters. The Labute approximate surface area is 323 Å². The van der Waals surface area contributed by atoms with Crippen LogP contribution in [0, 0.1) is 0 Å². The van der Waals surface area contributed by atoms with E-state index >= 15 is 0 Å². The van der Waals surface area contributed by atoms with Crippen molar-refractivity contribution in [1.29, 1.82) is 0 Å². The van der Waals surface area contributed by atoms with E-state index in [0.29, 0.717) is 19.3 Å². The number of carbonyl (C=O) groups excluding carboxylic acids is 2. The number of phosphoric ester groups is 1. The van der Waals surface area contributed by atoms with Gasteiger partial charge in [0, 0.05) is 12.8 Å². The number of allylic oxidation sites excluding steroid dienone is 5. The minimum absolute atomic E-state index is 0.0228. The van der Waals surface area contributed by atoms with Gasteiger partial charge < -0.3 is 39.9 Å². The summed E-state index contributed by atoms with van der Waals surface area (Å²) < 4.78 is 33.3. The zero-order valence-corrected chi connectivity index (χ0v) is 33.5. The normalized spacial score (nSPS) is 23.4. The van der Waals surface area contributed by atoms with E-state index in [1.807, 2.05) is 24.3 Å². The molecule has 0 aromatic rings. The molecule has 0 radical (unpaired) electrons. The zero-order valence-electron chi connectivity index (χ0n) is 32.6. The van der Waals surface area contributed by atoms with E-state index in [0.717, 1.165) is 38.5 Å². The Morgan fingerprint density at radius 3 is 1.65 bits per heavy atom. The molecular weight excluding hydrogens is 719 g/mol. The van der Waals surface area contributed by atoms with Crippen LogP contribution >= 0.6 is 7.82 Å². The monoisotopic (exact) mass is 790 g/mol. The second-order valence-corrected chi connectivity index (χ2v) is 15.6. The molecule has 0 bridgehead atoms. The summed E-state index contributed by atoms with van der Waals surface area (Å²) in [5, 5.41) is 49.9. The molecule has 0 spiro atoms. The fourth-order valence-corrected chi connectivity index (χ4v) is 7.00. The molecule has 314 valence electrons. The number of aliphatic hydroxyl groups is 5. The van der Waals surface area contributed by atoms with Crippen molar-refractivity contribution in [3.05, 3.63) is 37.0 Å². The van der Waals surface area contributed by atoms with Gasteiger partial charge in [-0.3, -0.25) is 18.6 Å². The number of ether oxygens (including phenoxy) is 2. The van der Waals surface area contributed by atoms with Crippen LogP contribution in [0.3, 0.4) is 0 Å². The maximum Gasteiger partial charge on any atom is 0.472 e. The summed E-state index contributed by atoms with van der Waals surface area (Å²) in [4.78, 5) is 35.4. The van der Waals surface area contributed by atoms with Gasteiger partial charge in [0.1, 0.15) is 43.2 Å². The Morgan fingerprint density at radius 1 is 0.630 bits per heavy atom. The van der Waals surface area contributed by atoms with Crippen LogP contribution in [0.25, 0.3) is 0 Å². The second-order valence-electron chi connectivity index (χ2n) is 14.2. The first-order chi connectivity index (χ1) is 25.9. The molecule has 54 heavy (non-hydrogen) atoms. The molecule has 13 nitrogen and oxygen atoms in total. The van der Waals surface area contributed by atoms with Crippen LogP contribution in [0.1, 0.15) is 148 Å². The molecule has 0 aliphatic heterocycles. The quantitative estimate of drug-likeness (QED) is 0.0178. The van der Waals surface area contributed by atoms with Crippen LogP contribution in [0.4, 0.5) is 0 Å². The highest BCUT2D eigenvalue weighted by atomic mass is 31.2. The van der Waals surface area contributed by atoms with Crippen LogP contribution in [-0.2, 0) is 32.7 Å². The average molecular weight is 791 g/mol. The van der Waals surface area contributed by atoms with Gasteiger partial charge in [0.25, 0.3) is 0 Å². The molecule has 0 aromatic heterocycles. The van der Waals surface area contributed by atoms with Gasteiger partial charge in [-0.1, -0.05) is 127 Å². The summed E-state index contributed by atoms with van der Waals surface area (Å²) in [5.74, 6) is -1.17. The van der Waals surface area contributed by atoms with Gasteiger partial charge in [0.2, 0.25) is 0 Å². The van der Waals surface area contributed by atoms with Gasteiger partial charge in [-0.15, -0.1) is 6.58 Å². The largest absolute Gasteiger partial charge is 0.472 e. The van der Waals surface area contributed by atoms with Gasteiger partial charge in [-0.2, -0.15) is 0 Å². The Hall–Kier alpha value is -1.93. The molecule has 1 aliphatic carbocycles.